The van der Waals surface area contributed by atoms with Crippen molar-refractivity contribution < 1.29 is 19.1 Å². The molecule has 6 nitrogen and oxygen atoms in total. The van der Waals surface area contributed by atoms with Crippen LogP contribution in [0.2, 0.25) is 5.02 Å². The van der Waals surface area contributed by atoms with Crippen molar-refractivity contribution in [2.24, 2.45) is 0 Å². The molecular formula is C13H15Cl2NO5. The van der Waals surface area contributed by atoms with E-state index in [1.54, 1.807) is 7.11 Å². The molecule has 1 saturated carbocycles. The number of ether oxygens (including phenoxy) is 3. The van der Waals surface area contributed by atoms with Crippen LogP contribution in [0.3, 0.4) is 0 Å². The Morgan fingerprint density at radius 2 is 2.19 bits per heavy atom. The summed E-state index contributed by atoms with van der Waals surface area (Å²) in [6.07, 6.45) is -0.0926. The Hall–Kier alpha value is -1.08. The lowest BCUT2D eigenvalue weighted by Crippen LogP contribution is -2.53. The summed E-state index contributed by atoms with van der Waals surface area (Å²) in [6.45, 7) is 0.839. The zero-order chi connectivity index (χ0) is 15.4. The highest BCUT2D eigenvalue weighted by Gasteiger charge is 2.43. The molecule has 1 aliphatic rings. The number of halogens is 2. The van der Waals surface area contributed by atoms with E-state index in [-0.39, 0.29) is 29.0 Å². The summed E-state index contributed by atoms with van der Waals surface area (Å²) in [5.41, 5.74) is -0.131. The number of nitro benzene ring substituents is 1. The second-order valence-corrected chi connectivity index (χ2v) is 5.60. The van der Waals surface area contributed by atoms with Gasteiger partial charge in [0.15, 0.2) is 5.75 Å². The summed E-state index contributed by atoms with van der Waals surface area (Å²) < 4.78 is 16.1. The van der Waals surface area contributed by atoms with Crippen LogP contribution in [0.1, 0.15) is 6.42 Å². The van der Waals surface area contributed by atoms with Gasteiger partial charge in [0.25, 0.3) is 0 Å². The molecule has 1 aromatic carbocycles. The van der Waals surface area contributed by atoms with E-state index in [4.69, 9.17) is 37.4 Å². The van der Waals surface area contributed by atoms with Gasteiger partial charge in [-0.25, -0.2) is 0 Å². The maximum Gasteiger partial charge on any atom is 0.311 e. The Morgan fingerprint density at radius 3 is 2.81 bits per heavy atom. The van der Waals surface area contributed by atoms with Crippen LogP contribution in [0, 0.1) is 10.1 Å². The molecule has 0 amide bonds. The Bertz CT molecular complexity index is 513. The van der Waals surface area contributed by atoms with Gasteiger partial charge in [0.05, 0.1) is 23.5 Å². The third-order valence-electron chi connectivity index (χ3n) is 3.18. The van der Waals surface area contributed by atoms with E-state index in [0.717, 1.165) is 0 Å². The van der Waals surface area contributed by atoms with Gasteiger partial charge in [0.1, 0.15) is 12.2 Å². The van der Waals surface area contributed by atoms with E-state index < -0.39 is 4.92 Å². The molecule has 0 saturated heterocycles. The molecule has 3 atom stereocenters. The van der Waals surface area contributed by atoms with Crippen molar-refractivity contribution >= 4 is 28.9 Å². The van der Waals surface area contributed by atoms with Gasteiger partial charge in [-0.1, -0.05) is 11.6 Å². The molecule has 1 aliphatic carbocycles. The number of benzene rings is 1. The van der Waals surface area contributed by atoms with Crippen LogP contribution in [-0.4, -0.2) is 42.8 Å². The Labute approximate surface area is 132 Å². The van der Waals surface area contributed by atoms with Crippen LogP contribution in [0.15, 0.2) is 18.2 Å². The van der Waals surface area contributed by atoms with Crippen LogP contribution in [0.25, 0.3) is 0 Å². The standard InChI is InChI=1S/C13H15Cl2NO5/c1-19-4-5-20-13-9(15)7-12(13)21-11-6-8(14)2-3-10(11)16(17)18/h2-3,6,9,12-13H,4-5,7H2,1H3. The lowest BCUT2D eigenvalue weighted by atomic mass is 9.91. The van der Waals surface area contributed by atoms with Crippen LogP contribution in [0.5, 0.6) is 5.75 Å². The average Bonchev–Trinajstić information content (AvgIpc) is 2.43. The number of rotatable bonds is 7. The van der Waals surface area contributed by atoms with Crippen molar-refractivity contribution in [3.05, 3.63) is 33.3 Å². The smallest absolute Gasteiger partial charge is 0.311 e. The summed E-state index contributed by atoms with van der Waals surface area (Å²) in [5.74, 6) is 0.126. The number of nitrogens with zero attached hydrogens (tertiary/aromatic N) is 1. The van der Waals surface area contributed by atoms with E-state index in [2.05, 4.69) is 0 Å². The van der Waals surface area contributed by atoms with Gasteiger partial charge >= 0.3 is 5.69 Å². The number of methoxy groups -OCH3 is 1. The Morgan fingerprint density at radius 1 is 1.43 bits per heavy atom. The molecule has 0 bridgehead atoms. The van der Waals surface area contributed by atoms with Gasteiger partial charge in [-0.15, -0.1) is 11.6 Å². The van der Waals surface area contributed by atoms with E-state index in [9.17, 15) is 10.1 Å². The highest BCUT2D eigenvalue weighted by atomic mass is 35.5. The van der Waals surface area contributed by atoms with Crippen LogP contribution in [-0.2, 0) is 9.47 Å². The second kappa shape index (κ2) is 7.26. The molecule has 21 heavy (non-hydrogen) atoms. The minimum absolute atomic E-state index is 0.126. The van der Waals surface area contributed by atoms with E-state index in [1.165, 1.54) is 18.2 Å². The monoisotopic (exact) mass is 335 g/mol. The highest BCUT2D eigenvalue weighted by Crippen LogP contribution is 2.37. The molecule has 0 spiro atoms. The molecule has 0 heterocycles. The van der Waals surface area contributed by atoms with Crippen LogP contribution >= 0.6 is 23.2 Å². The maximum atomic E-state index is 11.0. The SMILES string of the molecule is COCCOC1C(Cl)CC1Oc1cc(Cl)ccc1[N+](=O)[O-]. The van der Waals surface area contributed by atoms with Crippen molar-refractivity contribution in [1.29, 1.82) is 0 Å². The number of nitro groups is 1. The summed E-state index contributed by atoms with van der Waals surface area (Å²) in [6, 6.07) is 4.19. The van der Waals surface area contributed by atoms with Crippen molar-refractivity contribution in [2.45, 2.75) is 24.0 Å². The fourth-order valence-electron chi connectivity index (χ4n) is 2.02. The molecule has 8 heteroatoms. The minimum atomic E-state index is -0.511. The van der Waals surface area contributed by atoms with Gasteiger partial charge in [0.2, 0.25) is 0 Å². The van der Waals surface area contributed by atoms with E-state index in [0.29, 0.717) is 24.7 Å². The molecule has 0 N–H and O–H groups in total. The van der Waals surface area contributed by atoms with Crippen molar-refractivity contribution in [1.82, 2.24) is 0 Å². The average molecular weight is 336 g/mol. The topological polar surface area (TPSA) is 70.8 Å². The molecule has 0 radical (unpaired) electrons. The first kappa shape index (κ1) is 16.3. The Balaban J connectivity index is 2.04. The van der Waals surface area contributed by atoms with Gasteiger partial charge < -0.3 is 14.2 Å². The molecule has 2 rings (SSSR count). The number of alkyl halides is 1. The van der Waals surface area contributed by atoms with E-state index in [1.807, 2.05) is 0 Å². The number of hydrogen-bond acceptors (Lipinski definition) is 5. The zero-order valence-corrected chi connectivity index (χ0v) is 12.8. The summed E-state index contributed by atoms with van der Waals surface area (Å²) in [5, 5.41) is 11.2. The van der Waals surface area contributed by atoms with Crippen LogP contribution < -0.4 is 4.74 Å². The van der Waals surface area contributed by atoms with Crippen molar-refractivity contribution in [3.63, 3.8) is 0 Å². The fraction of sp³-hybridized carbons (Fsp3) is 0.538. The molecular weight excluding hydrogens is 321 g/mol. The molecule has 3 unspecified atom stereocenters. The largest absolute Gasteiger partial charge is 0.481 e. The predicted octanol–water partition coefficient (Wildman–Crippen LogP) is 3.04. The Kier molecular flexibility index (Phi) is 5.64. The quantitative estimate of drug-likeness (QED) is 0.331. The normalized spacial score (nSPS) is 24.4. The third kappa shape index (κ3) is 3.97. The number of hydrogen-bond donors (Lipinski definition) is 0. The van der Waals surface area contributed by atoms with Gasteiger partial charge in [-0.3, -0.25) is 10.1 Å². The first-order valence-electron chi connectivity index (χ1n) is 6.38. The lowest BCUT2D eigenvalue weighted by Gasteiger charge is -2.40. The second-order valence-electron chi connectivity index (χ2n) is 4.61. The highest BCUT2D eigenvalue weighted by molar-refractivity contribution is 6.30. The van der Waals surface area contributed by atoms with Crippen molar-refractivity contribution in [2.75, 3.05) is 20.3 Å². The first-order chi connectivity index (χ1) is 10.0. The van der Waals surface area contributed by atoms with Gasteiger partial charge in [0, 0.05) is 30.7 Å². The van der Waals surface area contributed by atoms with E-state index >= 15 is 0 Å². The van der Waals surface area contributed by atoms with Crippen LogP contribution in [0.4, 0.5) is 5.69 Å². The third-order valence-corrected chi connectivity index (χ3v) is 3.84. The predicted molar refractivity (Wildman–Crippen MR) is 78.4 cm³/mol. The van der Waals surface area contributed by atoms with Gasteiger partial charge in [-0.2, -0.15) is 0 Å². The lowest BCUT2D eigenvalue weighted by molar-refractivity contribution is -0.386. The first-order valence-corrected chi connectivity index (χ1v) is 7.19. The molecule has 1 fully saturated rings. The van der Waals surface area contributed by atoms with Gasteiger partial charge in [-0.05, 0) is 6.07 Å². The minimum Gasteiger partial charge on any atom is -0.481 e. The fourth-order valence-corrected chi connectivity index (χ4v) is 2.59. The molecule has 116 valence electrons. The molecule has 0 aromatic heterocycles. The zero-order valence-electron chi connectivity index (χ0n) is 11.3. The summed E-state index contributed by atoms with van der Waals surface area (Å²) >= 11 is 11.9. The maximum absolute atomic E-state index is 11.0. The molecule has 0 aliphatic heterocycles. The summed E-state index contributed by atoms with van der Waals surface area (Å²) in [4.78, 5) is 10.5. The van der Waals surface area contributed by atoms with Crippen molar-refractivity contribution in [3.8, 4) is 5.75 Å². The summed E-state index contributed by atoms with van der Waals surface area (Å²) in [7, 11) is 1.58. The molecule has 1 aromatic rings.